The Morgan fingerprint density at radius 2 is 2.08 bits per heavy atom. The number of hydrogen-bond donors (Lipinski definition) is 3. The summed E-state index contributed by atoms with van der Waals surface area (Å²) in [5.41, 5.74) is 0.302. The van der Waals surface area contributed by atoms with Gasteiger partial charge in [-0.1, -0.05) is 20.8 Å². The van der Waals surface area contributed by atoms with Crippen LogP contribution >= 0.6 is 0 Å². The van der Waals surface area contributed by atoms with Crippen LogP contribution in [0.15, 0.2) is 34.4 Å². The molecule has 0 spiro atoms. The van der Waals surface area contributed by atoms with Gasteiger partial charge < -0.3 is 10.6 Å². The summed E-state index contributed by atoms with van der Waals surface area (Å²) >= 11 is 0. The van der Waals surface area contributed by atoms with Gasteiger partial charge in [-0.05, 0) is 44.2 Å². The number of aliphatic imine (C=N–C) groups is 1. The van der Waals surface area contributed by atoms with Crippen molar-refractivity contribution in [3.8, 4) is 0 Å². The third kappa shape index (κ3) is 9.15. The smallest absolute Gasteiger partial charge is 0.242 e. The molecule has 0 aliphatic rings. The predicted octanol–water partition coefficient (Wildman–Crippen LogP) is 2.13. The van der Waals surface area contributed by atoms with E-state index in [1.807, 2.05) is 6.92 Å². The molecule has 0 radical (unpaired) electrons. The van der Waals surface area contributed by atoms with Crippen molar-refractivity contribution in [3.63, 3.8) is 0 Å². The molecule has 148 valence electrons. The van der Waals surface area contributed by atoms with Gasteiger partial charge in [0.05, 0.1) is 6.54 Å². The van der Waals surface area contributed by atoms with Gasteiger partial charge in [0, 0.05) is 31.5 Å². The van der Waals surface area contributed by atoms with Crippen molar-refractivity contribution in [2.45, 2.75) is 58.4 Å². The lowest BCUT2D eigenvalue weighted by molar-refractivity contribution is 0.346. The maximum atomic E-state index is 12.1. The summed E-state index contributed by atoms with van der Waals surface area (Å²) in [7, 11) is -3.54. The van der Waals surface area contributed by atoms with Crippen molar-refractivity contribution in [1.82, 2.24) is 20.3 Å². The highest BCUT2D eigenvalue weighted by atomic mass is 32.2. The number of pyridine rings is 1. The van der Waals surface area contributed by atoms with Crippen LogP contribution in [-0.2, 0) is 10.0 Å². The van der Waals surface area contributed by atoms with E-state index in [1.165, 1.54) is 12.3 Å². The van der Waals surface area contributed by atoms with E-state index in [0.717, 1.165) is 19.4 Å². The Labute approximate surface area is 158 Å². The number of nitrogens with zero attached hydrogens (tertiary/aromatic N) is 2. The standard InChI is InChI=1S/C18H33N5O2S/c1-6-20-17(23-15(2)9-10-18(3,4)5)21-12-13-22-26(24,25)16-8-7-11-19-14-16/h7-8,11,14-15,22H,6,9-10,12-13H2,1-5H3,(H2,20,21,23). The zero-order chi connectivity index (χ0) is 19.6. The van der Waals surface area contributed by atoms with E-state index in [9.17, 15) is 8.42 Å². The van der Waals surface area contributed by atoms with Gasteiger partial charge in [-0.15, -0.1) is 0 Å². The van der Waals surface area contributed by atoms with Crippen LogP contribution in [0, 0.1) is 5.41 Å². The Bertz CT molecular complexity index is 654. The van der Waals surface area contributed by atoms with Gasteiger partial charge in [0.15, 0.2) is 5.96 Å². The monoisotopic (exact) mass is 383 g/mol. The van der Waals surface area contributed by atoms with Gasteiger partial charge in [0.25, 0.3) is 0 Å². The molecule has 8 heteroatoms. The van der Waals surface area contributed by atoms with Gasteiger partial charge in [-0.25, -0.2) is 13.1 Å². The Kier molecular flexibility index (Phi) is 9.01. The molecule has 0 bridgehead atoms. The number of guanidine groups is 1. The predicted molar refractivity (Wildman–Crippen MR) is 107 cm³/mol. The van der Waals surface area contributed by atoms with Crippen LogP contribution in [0.2, 0.25) is 0 Å². The second-order valence-electron chi connectivity index (χ2n) is 7.49. The minimum absolute atomic E-state index is 0.157. The van der Waals surface area contributed by atoms with Crippen molar-refractivity contribution in [2.75, 3.05) is 19.6 Å². The fourth-order valence-corrected chi connectivity index (χ4v) is 3.20. The summed E-state index contributed by atoms with van der Waals surface area (Å²) in [6.07, 6.45) is 5.03. The number of rotatable bonds is 9. The fourth-order valence-electron chi connectivity index (χ4n) is 2.21. The molecule has 0 aliphatic heterocycles. The maximum absolute atomic E-state index is 12.1. The first-order valence-corrected chi connectivity index (χ1v) is 10.6. The first kappa shape index (κ1) is 22.4. The van der Waals surface area contributed by atoms with Gasteiger partial charge >= 0.3 is 0 Å². The van der Waals surface area contributed by atoms with Crippen LogP contribution in [0.25, 0.3) is 0 Å². The topological polar surface area (TPSA) is 95.5 Å². The molecule has 0 amide bonds. The molecular weight excluding hydrogens is 350 g/mol. The highest BCUT2D eigenvalue weighted by Crippen LogP contribution is 2.21. The fraction of sp³-hybridized carbons (Fsp3) is 0.667. The first-order valence-electron chi connectivity index (χ1n) is 9.08. The van der Waals surface area contributed by atoms with Crippen molar-refractivity contribution in [2.24, 2.45) is 10.4 Å². The van der Waals surface area contributed by atoms with Gasteiger partial charge in [-0.3, -0.25) is 9.98 Å². The molecule has 26 heavy (non-hydrogen) atoms. The molecule has 1 rings (SSSR count). The SMILES string of the molecule is CCNC(=NCCNS(=O)(=O)c1cccnc1)NC(C)CCC(C)(C)C. The Balaban J connectivity index is 2.51. The van der Waals surface area contributed by atoms with E-state index in [-0.39, 0.29) is 11.4 Å². The summed E-state index contributed by atoms with van der Waals surface area (Å²) in [6, 6.07) is 3.40. The number of nitrogens with one attached hydrogen (secondary N) is 3. The number of aromatic nitrogens is 1. The van der Waals surface area contributed by atoms with E-state index in [0.29, 0.717) is 24.0 Å². The molecule has 1 heterocycles. The number of hydrogen-bond acceptors (Lipinski definition) is 4. The average Bonchev–Trinajstić information content (AvgIpc) is 2.57. The van der Waals surface area contributed by atoms with E-state index < -0.39 is 10.0 Å². The van der Waals surface area contributed by atoms with E-state index >= 15 is 0 Å². The molecule has 3 N–H and O–H groups in total. The quantitative estimate of drug-likeness (QED) is 0.345. The highest BCUT2D eigenvalue weighted by Gasteiger charge is 2.14. The van der Waals surface area contributed by atoms with Crippen LogP contribution < -0.4 is 15.4 Å². The van der Waals surface area contributed by atoms with E-state index in [4.69, 9.17) is 0 Å². The summed E-state index contributed by atoms with van der Waals surface area (Å²) in [4.78, 5) is 8.44. The lowest BCUT2D eigenvalue weighted by Gasteiger charge is -2.23. The third-order valence-electron chi connectivity index (χ3n) is 3.67. The molecule has 1 aromatic rings. The van der Waals surface area contributed by atoms with Gasteiger partial charge in [0.1, 0.15) is 4.90 Å². The summed E-state index contributed by atoms with van der Waals surface area (Å²) in [5.74, 6) is 0.703. The average molecular weight is 384 g/mol. The summed E-state index contributed by atoms with van der Waals surface area (Å²) in [5, 5.41) is 6.56. The van der Waals surface area contributed by atoms with Crippen molar-refractivity contribution < 1.29 is 8.42 Å². The maximum Gasteiger partial charge on any atom is 0.242 e. The van der Waals surface area contributed by atoms with Crippen LogP contribution in [0.3, 0.4) is 0 Å². The van der Waals surface area contributed by atoms with Crippen LogP contribution in [0.5, 0.6) is 0 Å². The van der Waals surface area contributed by atoms with Crippen LogP contribution in [0.1, 0.15) is 47.5 Å². The molecular formula is C18H33N5O2S. The molecule has 0 aromatic carbocycles. The Morgan fingerprint density at radius 3 is 2.65 bits per heavy atom. The highest BCUT2D eigenvalue weighted by molar-refractivity contribution is 7.89. The van der Waals surface area contributed by atoms with Crippen LogP contribution in [0.4, 0.5) is 0 Å². The largest absolute Gasteiger partial charge is 0.357 e. The minimum Gasteiger partial charge on any atom is -0.357 e. The van der Waals surface area contributed by atoms with Crippen molar-refractivity contribution in [1.29, 1.82) is 0 Å². The number of sulfonamides is 1. The molecule has 0 aliphatic carbocycles. The molecule has 1 atom stereocenters. The molecule has 0 saturated heterocycles. The van der Waals surface area contributed by atoms with Gasteiger partial charge in [0.2, 0.25) is 10.0 Å². The second kappa shape index (κ2) is 10.5. The zero-order valence-electron chi connectivity index (χ0n) is 16.5. The molecule has 0 saturated carbocycles. The first-order chi connectivity index (χ1) is 12.1. The van der Waals surface area contributed by atoms with Crippen molar-refractivity contribution >= 4 is 16.0 Å². The van der Waals surface area contributed by atoms with E-state index in [1.54, 1.807) is 12.3 Å². The third-order valence-corrected chi connectivity index (χ3v) is 5.12. The lowest BCUT2D eigenvalue weighted by Crippen LogP contribution is -2.43. The molecule has 7 nitrogen and oxygen atoms in total. The van der Waals surface area contributed by atoms with E-state index in [2.05, 4.69) is 53.0 Å². The molecule has 1 aromatic heterocycles. The zero-order valence-corrected chi connectivity index (χ0v) is 17.4. The normalized spacial score (nSPS) is 14.1. The Hall–Kier alpha value is -1.67. The minimum atomic E-state index is -3.54. The summed E-state index contributed by atoms with van der Waals surface area (Å²) < 4.78 is 26.8. The Morgan fingerprint density at radius 1 is 1.35 bits per heavy atom. The van der Waals surface area contributed by atoms with Gasteiger partial charge in [-0.2, -0.15) is 0 Å². The molecule has 1 unspecified atom stereocenters. The van der Waals surface area contributed by atoms with Crippen molar-refractivity contribution in [3.05, 3.63) is 24.5 Å². The lowest BCUT2D eigenvalue weighted by atomic mass is 9.89. The summed E-state index contributed by atoms with van der Waals surface area (Å²) in [6.45, 7) is 12.1. The second-order valence-corrected chi connectivity index (χ2v) is 9.26. The van der Waals surface area contributed by atoms with Crippen LogP contribution in [-0.4, -0.2) is 45.0 Å². The molecule has 0 fully saturated rings.